The fraction of sp³-hybridized carbons (Fsp3) is 0.167. The molecule has 0 amide bonds. The van der Waals surface area contributed by atoms with Crippen LogP contribution < -0.4 is 5.69 Å². The molecule has 2 aromatic rings. The van der Waals surface area contributed by atoms with Crippen LogP contribution in [0.15, 0.2) is 11.1 Å². The Morgan fingerprint density at radius 3 is 3.08 bits per heavy atom. The molecule has 2 rings (SSSR count). The Hall–Kier alpha value is -2.05. The van der Waals surface area contributed by atoms with E-state index in [-0.39, 0.29) is 17.1 Å². The molecular formula is C6H5N5O2. The highest BCUT2D eigenvalue weighted by Gasteiger charge is 2.11. The second-order valence-corrected chi connectivity index (χ2v) is 2.46. The Balaban J connectivity index is 2.91. The fourth-order valence-electron chi connectivity index (χ4n) is 1.00. The monoisotopic (exact) mass is 179 g/mol. The molecule has 0 atom stereocenters. The molecule has 0 aliphatic carbocycles. The van der Waals surface area contributed by atoms with Gasteiger partial charge in [0.05, 0.1) is 0 Å². The summed E-state index contributed by atoms with van der Waals surface area (Å²) in [6, 6.07) is 0. The average molecular weight is 179 g/mol. The quantitative estimate of drug-likeness (QED) is 0.567. The van der Waals surface area contributed by atoms with Crippen molar-refractivity contribution in [1.29, 1.82) is 0 Å². The number of aromatic amines is 1. The standard InChI is InChI=1S/C6H5N5O2/c1-3(12)4-5-8-10-9-6(13)11(5)2-7-4/h2H,1H3,(H,8,9,13). The van der Waals surface area contributed by atoms with Gasteiger partial charge in [-0.15, -0.1) is 5.10 Å². The third-order valence-electron chi connectivity index (χ3n) is 1.58. The highest BCUT2D eigenvalue weighted by atomic mass is 16.1. The SMILES string of the molecule is CC(=O)c1ncn2c(=O)[nH]nnc12. The third kappa shape index (κ3) is 1.01. The summed E-state index contributed by atoms with van der Waals surface area (Å²) in [5.74, 6) is -0.248. The number of ketones is 1. The fourth-order valence-corrected chi connectivity index (χ4v) is 1.00. The predicted molar refractivity (Wildman–Crippen MR) is 41.4 cm³/mol. The van der Waals surface area contributed by atoms with E-state index in [4.69, 9.17) is 0 Å². The van der Waals surface area contributed by atoms with Gasteiger partial charge in [-0.05, 0) is 0 Å². The van der Waals surface area contributed by atoms with E-state index in [1.54, 1.807) is 0 Å². The van der Waals surface area contributed by atoms with Crippen LogP contribution in [0.4, 0.5) is 0 Å². The molecular weight excluding hydrogens is 174 g/mol. The van der Waals surface area contributed by atoms with E-state index >= 15 is 0 Å². The van der Waals surface area contributed by atoms with Crippen LogP contribution in [0.3, 0.4) is 0 Å². The van der Waals surface area contributed by atoms with Crippen LogP contribution in [-0.2, 0) is 0 Å². The van der Waals surface area contributed by atoms with E-state index in [9.17, 15) is 9.59 Å². The zero-order valence-corrected chi connectivity index (χ0v) is 6.68. The Bertz CT molecular complexity index is 525. The molecule has 0 radical (unpaired) electrons. The van der Waals surface area contributed by atoms with Crippen LogP contribution in [-0.4, -0.2) is 30.6 Å². The molecule has 0 saturated carbocycles. The average Bonchev–Trinajstić information content (AvgIpc) is 2.48. The van der Waals surface area contributed by atoms with Gasteiger partial charge in [-0.3, -0.25) is 4.79 Å². The number of nitrogens with one attached hydrogen (secondary N) is 1. The minimum absolute atomic E-state index is 0.151. The van der Waals surface area contributed by atoms with Crippen molar-refractivity contribution in [2.75, 3.05) is 0 Å². The van der Waals surface area contributed by atoms with Crippen molar-refractivity contribution < 1.29 is 4.79 Å². The molecule has 1 N–H and O–H groups in total. The number of aromatic nitrogens is 5. The molecule has 66 valence electrons. The molecule has 7 heteroatoms. The summed E-state index contributed by atoms with van der Waals surface area (Å²) in [7, 11) is 0. The van der Waals surface area contributed by atoms with E-state index in [2.05, 4.69) is 20.4 Å². The van der Waals surface area contributed by atoms with Gasteiger partial charge in [-0.25, -0.2) is 19.3 Å². The van der Waals surface area contributed by atoms with E-state index in [1.807, 2.05) is 0 Å². The lowest BCUT2D eigenvalue weighted by atomic mass is 10.3. The van der Waals surface area contributed by atoms with Crippen LogP contribution in [0.2, 0.25) is 0 Å². The summed E-state index contributed by atoms with van der Waals surface area (Å²) in [5.41, 5.74) is -0.139. The number of carbonyl (C=O) groups excluding carboxylic acids is 1. The molecule has 2 heterocycles. The number of hydrogen-bond donors (Lipinski definition) is 1. The first-order valence-corrected chi connectivity index (χ1v) is 3.49. The van der Waals surface area contributed by atoms with Gasteiger partial charge in [-0.2, -0.15) is 0 Å². The maximum absolute atomic E-state index is 11.1. The van der Waals surface area contributed by atoms with Crippen molar-refractivity contribution in [2.45, 2.75) is 6.92 Å². The second-order valence-electron chi connectivity index (χ2n) is 2.46. The van der Waals surface area contributed by atoms with Crippen molar-refractivity contribution in [3.05, 3.63) is 22.5 Å². The lowest BCUT2D eigenvalue weighted by molar-refractivity contribution is 0.101. The summed E-state index contributed by atoms with van der Waals surface area (Å²) in [5, 5.41) is 9.05. The van der Waals surface area contributed by atoms with Gasteiger partial charge in [0.25, 0.3) is 0 Å². The van der Waals surface area contributed by atoms with Crippen molar-refractivity contribution in [1.82, 2.24) is 24.8 Å². The van der Waals surface area contributed by atoms with Crippen LogP contribution in [0.25, 0.3) is 5.65 Å². The molecule has 2 aromatic heterocycles. The number of nitrogens with zero attached hydrogens (tertiary/aromatic N) is 4. The van der Waals surface area contributed by atoms with Gasteiger partial charge in [0.1, 0.15) is 6.33 Å². The number of carbonyl (C=O) groups is 1. The molecule has 0 saturated heterocycles. The Morgan fingerprint density at radius 2 is 2.38 bits per heavy atom. The maximum Gasteiger partial charge on any atom is 0.350 e. The third-order valence-corrected chi connectivity index (χ3v) is 1.58. The summed E-state index contributed by atoms with van der Waals surface area (Å²) in [6.07, 6.45) is 1.24. The molecule has 0 aromatic carbocycles. The van der Waals surface area contributed by atoms with Crippen LogP contribution in [0, 0.1) is 0 Å². The Labute approximate surface area is 71.4 Å². The number of Topliss-reactive ketones (excluding diaryl/α,β-unsaturated/α-hetero) is 1. The van der Waals surface area contributed by atoms with Crippen molar-refractivity contribution >= 4 is 11.4 Å². The highest BCUT2D eigenvalue weighted by molar-refractivity contribution is 5.97. The van der Waals surface area contributed by atoms with Crippen LogP contribution in [0.1, 0.15) is 17.4 Å². The first-order chi connectivity index (χ1) is 6.20. The lowest BCUT2D eigenvalue weighted by Gasteiger charge is -1.89. The Morgan fingerprint density at radius 1 is 1.62 bits per heavy atom. The van der Waals surface area contributed by atoms with E-state index in [0.717, 1.165) is 4.40 Å². The first kappa shape index (κ1) is 7.59. The van der Waals surface area contributed by atoms with Crippen molar-refractivity contribution in [3.8, 4) is 0 Å². The topological polar surface area (TPSA) is 93.0 Å². The molecule has 0 aliphatic rings. The van der Waals surface area contributed by atoms with Gasteiger partial charge in [0.2, 0.25) is 0 Å². The molecule has 0 fully saturated rings. The first-order valence-electron chi connectivity index (χ1n) is 3.49. The zero-order valence-electron chi connectivity index (χ0n) is 6.68. The highest BCUT2D eigenvalue weighted by Crippen LogP contribution is 2.01. The van der Waals surface area contributed by atoms with E-state index in [1.165, 1.54) is 13.3 Å². The summed E-state index contributed by atoms with van der Waals surface area (Å²) in [4.78, 5) is 25.8. The number of imidazole rings is 1. The normalized spacial score (nSPS) is 10.5. The summed E-state index contributed by atoms with van der Waals surface area (Å²) < 4.78 is 1.13. The molecule has 13 heavy (non-hydrogen) atoms. The smallest absolute Gasteiger partial charge is 0.293 e. The number of rotatable bonds is 1. The second kappa shape index (κ2) is 2.47. The number of hydrogen-bond acceptors (Lipinski definition) is 5. The van der Waals surface area contributed by atoms with Gasteiger partial charge in [0.15, 0.2) is 17.1 Å². The molecule has 0 unspecified atom stereocenters. The lowest BCUT2D eigenvalue weighted by Crippen LogP contribution is -2.18. The largest absolute Gasteiger partial charge is 0.350 e. The van der Waals surface area contributed by atoms with Gasteiger partial charge < -0.3 is 0 Å². The predicted octanol–water partition coefficient (Wildman–Crippen LogP) is -0.985. The van der Waals surface area contributed by atoms with Crippen LogP contribution in [0.5, 0.6) is 0 Å². The Kier molecular flexibility index (Phi) is 1.44. The van der Waals surface area contributed by atoms with Crippen molar-refractivity contribution in [2.24, 2.45) is 0 Å². The zero-order chi connectivity index (χ0) is 9.42. The van der Waals surface area contributed by atoms with Gasteiger partial charge in [-0.1, -0.05) is 5.21 Å². The molecule has 0 aliphatic heterocycles. The van der Waals surface area contributed by atoms with E-state index in [0.29, 0.717) is 0 Å². The minimum atomic E-state index is -0.468. The van der Waals surface area contributed by atoms with Gasteiger partial charge >= 0.3 is 5.69 Å². The molecule has 7 nitrogen and oxygen atoms in total. The number of H-pyrrole nitrogens is 1. The van der Waals surface area contributed by atoms with Gasteiger partial charge in [0, 0.05) is 6.92 Å². The van der Waals surface area contributed by atoms with Crippen molar-refractivity contribution in [3.63, 3.8) is 0 Å². The van der Waals surface area contributed by atoms with Crippen LogP contribution >= 0.6 is 0 Å². The summed E-state index contributed by atoms with van der Waals surface area (Å²) in [6.45, 7) is 1.35. The maximum atomic E-state index is 11.1. The molecule has 0 spiro atoms. The number of fused-ring (bicyclic) bond motifs is 1. The summed E-state index contributed by atoms with van der Waals surface area (Å²) >= 11 is 0. The minimum Gasteiger partial charge on any atom is -0.293 e. The van der Waals surface area contributed by atoms with E-state index < -0.39 is 5.69 Å². The molecule has 0 bridgehead atoms.